The van der Waals surface area contributed by atoms with Gasteiger partial charge in [-0.3, -0.25) is 9.59 Å². The topological polar surface area (TPSA) is 145 Å². The lowest BCUT2D eigenvalue weighted by Crippen LogP contribution is -2.43. The number of nitrogens with two attached hydrogens (primary N) is 2. The first-order valence-corrected chi connectivity index (χ1v) is 5.60. The second-order valence-electron chi connectivity index (χ2n) is 3.99. The van der Waals surface area contributed by atoms with Crippen LogP contribution in [0.1, 0.15) is 16.8 Å². The number of carboxylic acids is 1. The van der Waals surface area contributed by atoms with Gasteiger partial charge in [0.05, 0.1) is 19.1 Å². The van der Waals surface area contributed by atoms with Gasteiger partial charge in [0, 0.05) is 11.8 Å². The highest BCUT2D eigenvalue weighted by molar-refractivity contribution is 6.01. The lowest BCUT2D eigenvalue weighted by molar-refractivity contribution is -0.140. The number of nitrogens with one attached hydrogen (secondary N) is 1. The summed E-state index contributed by atoms with van der Waals surface area (Å²) in [6.07, 6.45) is -0.503. The molecule has 1 atom stereocenters. The zero-order chi connectivity index (χ0) is 15.3. The van der Waals surface area contributed by atoms with Crippen molar-refractivity contribution < 1.29 is 24.2 Å². The number of primary amides is 1. The zero-order valence-corrected chi connectivity index (χ0v) is 10.8. The Morgan fingerprint density at radius 1 is 1.40 bits per heavy atom. The third-order valence-corrected chi connectivity index (χ3v) is 2.51. The quantitative estimate of drug-likeness (QED) is 0.509. The van der Waals surface area contributed by atoms with Gasteiger partial charge in [-0.1, -0.05) is 0 Å². The third-order valence-electron chi connectivity index (χ3n) is 2.51. The average Bonchev–Trinajstić information content (AvgIpc) is 2.36. The molecule has 0 saturated carbocycles. The van der Waals surface area contributed by atoms with E-state index in [1.54, 1.807) is 0 Å². The molecule has 0 radical (unpaired) electrons. The Labute approximate surface area is 114 Å². The average molecular weight is 281 g/mol. The van der Waals surface area contributed by atoms with Crippen LogP contribution in [0.5, 0.6) is 5.75 Å². The lowest BCUT2D eigenvalue weighted by atomic mass is 10.1. The summed E-state index contributed by atoms with van der Waals surface area (Å²) < 4.78 is 4.93. The molecule has 0 aliphatic carbocycles. The number of hydrogen-bond donors (Lipinski definition) is 4. The number of carboxylic acid groups (broad SMARTS) is 1. The number of methoxy groups -OCH3 is 1. The zero-order valence-electron chi connectivity index (χ0n) is 10.8. The van der Waals surface area contributed by atoms with E-state index < -0.39 is 30.2 Å². The first-order valence-electron chi connectivity index (χ1n) is 5.60. The predicted molar refractivity (Wildman–Crippen MR) is 70.1 cm³/mol. The van der Waals surface area contributed by atoms with Crippen molar-refractivity contribution in [2.75, 3.05) is 12.8 Å². The maximum atomic E-state index is 11.9. The molecule has 0 saturated heterocycles. The van der Waals surface area contributed by atoms with Crippen molar-refractivity contribution in [2.45, 2.75) is 12.5 Å². The summed E-state index contributed by atoms with van der Waals surface area (Å²) in [7, 11) is 1.45. The van der Waals surface area contributed by atoms with Crippen LogP contribution >= 0.6 is 0 Å². The largest absolute Gasteiger partial charge is 0.497 e. The fourth-order valence-corrected chi connectivity index (χ4v) is 1.51. The van der Waals surface area contributed by atoms with Gasteiger partial charge in [-0.25, -0.2) is 4.79 Å². The molecule has 0 aromatic heterocycles. The number of rotatable bonds is 6. The van der Waals surface area contributed by atoms with Crippen molar-refractivity contribution >= 4 is 23.5 Å². The molecular weight excluding hydrogens is 266 g/mol. The van der Waals surface area contributed by atoms with Crippen LogP contribution in [0.25, 0.3) is 0 Å². The molecule has 0 aliphatic heterocycles. The van der Waals surface area contributed by atoms with E-state index in [9.17, 15) is 14.4 Å². The summed E-state index contributed by atoms with van der Waals surface area (Å²) in [6, 6.07) is 2.93. The number of anilines is 1. The Kier molecular flexibility index (Phi) is 4.90. The van der Waals surface area contributed by atoms with Crippen LogP contribution in [0.3, 0.4) is 0 Å². The van der Waals surface area contributed by atoms with E-state index in [2.05, 4.69) is 5.32 Å². The molecule has 1 rings (SSSR count). The summed E-state index contributed by atoms with van der Waals surface area (Å²) in [4.78, 5) is 33.6. The van der Waals surface area contributed by atoms with Crippen molar-refractivity contribution in [2.24, 2.45) is 5.73 Å². The van der Waals surface area contributed by atoms with Crippen LogP contribution < -0.4 is 21.5 Å². The number of amides is 2. The molecule has 1 aromatic carbocycles. The van der Waals surface area contributed by atoms with E-state index in [0.717, 1.165) is 0 Å². The van der Waals surface area contributed by atoms with Gasteiger partial charge in [0.2, 0.25) is 5.91 Å². The highest BCUT2D eigenvalue weighted by Gasteiger charge is 2.23. The first-order chi connectivity index (χ1) is 9.35. The first kappa shape index (κ1) is 15.3. The fraction of sp³-hybridized carbons (Fsp3) is 0.250. The minimum absolute atomic E-state index is 0.0847. The summed E-state index contributed by atoms with van der Waals surface area (Å²) in [5.74, 6) is -2.44. The van der Waals surface area contributed by atoms with Crippen LogP contribution in [-0.4, -0.2) is 36.0 Å². The van der Waals surface area contributed by atoms with E-state index in [0.29, 0.717) is 5.75 Å². The monoisotopic (exact) mass is 281 g/mol. The number of benzene rings is 1. The molecule has 8 heteroatoms. The molecule has 6 N–H and O–H groups in total. The maximum absolute atomic E-state index is 11.9. The van der Waals surface area contributed by atoms with Crippen LogP contribution in [0.15, 0.2) is 18.2 Å². The number of carbonyl (C=O) groups is 3. The number of hydrogen-bond acceptors (Lipinski definition) is 5. The Bertz CT molecular complexity index is 544. The normalized spacial score (nSPS) is 11.4. The molecule has 20 heavy (non-hydrogen) atoms. The van der Waals surface area contributed by atoms with E-state index in [1.165, 1.54) is 25.3 Å². The standard InChI is InChI=1S/C12H15N3O5/c1-20-6-2-3-7(8(13)4-6)11(17)15-9(12(18)19)5-10(14)16/h2-4,9H,5,13H2,1H3,(H2,14,16)(H,15,17)(H,18,19)/t9-/m0/s1. The Morgan fingerprint density at radius 3 is 2.50 bits per heavy atom. The van der Waals surface area contributed by atoms with Gasteiger partial charge < -0.3 is 26.6 Å². The molecule has 0 heterocycles. The van der Waals surface area contributed by atoms with E-state index in [1.807, 2.05) is 0 Å². The van der Waals surface area contributed by atoms with Crippen molar-refractivity contribution in [3.63, 3.8) is 0 Å². The minimum atomic E-state index is -1.40. The van der Waals surface area contributed by atoms with Gasteiger partial charge in [-0.15, -0.1) is 0 Å². The number of aliphatic carboxylic acids is 1. The number of carbonyl (C=O) groups excluding carboxylic acids is 2. The summed E-state index contributed by atoms with van der Waals surface area (Å²) in [6.45, 7) is 0. The summed E-state index contributed by atoms with van der Waals surface area (Å²) >= 11 is 0. The number of ether oxygens (including phenoxy) is 1. The van der Waals surface area contributed by atoms with Crippen molar-refractivity contribution in [3.8, 4) is 5.75 Å². The molecule has 0 unspecified atom stereocenters. The highest BCUT2D eigenvalue weighted by Crippen LogP contribution is 2.19. The van der Waals surface area contributed by atoms with E-state index >= 15 is 0 Å². The fourth-order valence-electron chi connectivity index (χ4n) is 1.51. The molecule has 0 spiro atoms. The summed E-state index contributed by atoms with van der Waals surface area (Å²) in [5, 5.41) is 11.1. The van der Waals surface area contributed by atoms with Gasteiger partial charge in [-0.2, -0.15) is 0 Å². The second-order valence-corrected chi connectivity index (χ2v) is 3.99. The molecule has 0 bridgehead atoms. The molecule has 108 valence electrons. The van der Waals surface area contributed by atoms with Crippen LogP contribution in [0.4, 0.5) is 5.69 Å². The van der Waals surface area contributed by atoms with Gasteiger partial charge in [-0.05, 0) is 12.1 Å². The van der Waals surface area contributed by atoms with Crippen LogP contribution in [0, 0.1) is 0 Å². The van der Waals surface area contributed by atoms with E-state index in [-0.39, 0.29) is 11.3 Å². The molecular formula is C12H15N3O5. The minimum Gasteiger partial charge on any atom is -0.497 e. The van der Waals surface area contributed by atoms with Gasteiger partial charge in [0.15, 0.2) is 0 Å². The molecule has 2 amide bonds. The molecule has 1 aromatic rings. The molecule has 8 nitrogen and oxygen atoms in total. The molecule has 0 fully saturated rings. The third kappa shape index (κ3) is 3.87. The van der Waals surface area contributed by atoms with Crippen LogP contribution in [0.2, 0.25) is 0 Å². The highest BCUT2D eigenvalue weighted by atomic mass is 16.5. The molecule has 0 aliphatic rings. The SMILES string of the molecule is COc1ccc(C(=O)N[C@@H](CC(N)=O)C(=O)O)c(N)c1. The lowest BCUT2D eigenvalue weighted by Gasteiger charge is -2.14. The van der Waals surface area contributed by atoms with Gasteiger partial charge in [0.1, 0.15) is 11.8 Å². The van der Waals surface area contributed by atoms with Crippen molar-refractivity contribution in [1.82, 2.24) is 5.32 Å². The van der Waals surface area contributed by atoms with Gasteiger partial charge >= 0.3 is 5.97 Å². The number of nitrogen functional groups attached to an aromatic ring is 1. The Balaban J connectivity index is 2.89. The van der Waals surface area contributed by atoms with Crippen molar-refractivity contribution in [1.29, 1.82) is 0 Å². The Morgan fingerprint density at radius 2 is 2.05 bits per heavy atom. The van der Waals surface area contributed by atoms with Gasteiger partial charge in [0.25, 0.3) is 5.91 Å². The predicted octanol–water partition coefficient (Wildman–Crippen LogP) is -0.664. The summed E-state index contributed by atoms with van der Waals surface area (Å²) in [5.41, 5.74) is 10.8. The Hall–Kier alpha value is -2.77. The second kappa shape index (κ2) is 6.41. The van der Waals surface area contributed by atoms with E-state index in [4.69, 9.17) is 21.3 Å². The van der Waals surface area contributed by atoms with Crippen molar-refractivity contribution in [3.05, 3.63) is 23.8 Å². The van der Waals surface area contributed by atoms with Crippen LogP contribution in [-0.2, 0) is 9.59 Å². The maximum Gasteiger partial charge on any atom is 0.326 e. The smallest absolute Gasteiger partial charge is 0.326 e.